The first-order chi connectivity index (χ1) is 13.6. The molecule has 0 unspecified atom stereocenters. The Balaban J connectivity index is 1.63. The molecule has 0 spiro atoms. The molecule has 4 rings (SSSR count). The van der Waals surface area contributed by atoms with E-state index < -0.39 is 5.82 Å². The molecule has 0 atom stereocenters. The second-order valence-electron chi connectivity index (χ2n) is 6.58. The van der Waals surface area contributed by atoms with Crippen LogP contribution in [0.15, 0.2) is 51.4 Å². The van der Waals surface area contributed by atoms with Crippen molar-refractivity contribution in [3.8, 4) is 11.5 Å². The molecule has 0 N–H and O–H groups in total. The Kier molecular flexibility index (Phi) is 5.64. The van der Waals surface area contributed by atoms with Crippen LogP contribution in [0.25, 0.3) is 11.5 Å². The van der Waals surface area contributed by atoms with Gasteiger partial charge in [0.05, 0.1) is 22.7 Å². The maximum atomic E-state index is 13.8. The molecule has 0 radical (unpaired) electrons. The fourth-order valence-electron chi connectivity index (χ4n) is 3.28. The third-order valence-corrected chi connectivity index (χ3v) is 5.85. The van der Waals surface area contributed by atoms with Gasteiger partial charge in [0, 0.05) is 37.5 Å². The molecule has 3 heterocycles. The first-order valence-electron chi connectivity index (χ1n) is 9.11. The summed E-state index contributed by atoms with van der Waals surface area (Å²) in [5.74, 6) is 0.477. The number of nitrogens with zero attached hydrogens (tertiary/aromatic N) is 3. The maximum Gasteiger partial charge on any atom is 0.222 e. The van der Waals surface area contributed by atoms with Gasteiger partial charge in [0.2, 0.25) is 5.91 Å². The van der Waals surface area contributed by atoms with E-state index in [1.807, 2.05) is 22.4 Å². The van der Waals surface area contributed by atoms with E-state index in [1.54, 1.807) is 12.3 Å². The highest BCUT2D eigenvalue weighted by Gasteiger charge is 2.19. The molecule has 1 aromatic carbocycles. The number of rotatable bonds is 6. The van der Waals surface area contributed by atoms with Gasteiger partial charge in [0.25, 0.3) is 0 Å². The van der Waals surface area contributed by atoms with Crippen molar-refractivity contribution in [3.05, 3.63) is 57.6 Å². The lowest BCUT2D eigenvalue weighted by atomic mass is 10.3. The van der Waals surface area contributed by atoms with E-state index in [9.17, 15) is 9.18 Å². The summed E-state index contributed by atoms with van der Waals surface area (Å²) in [5, 5.41) is 2.05. The van der Waals surface area contributed by atoms with Crippen LogP contribution in [0.4, 0.5) is 10.1 Å². The number of carbonyl (C=O) groups is 1. The normalized spacial score (nSPS) is 15.0. The van der Waals surface area contributed by atoms with Crippen LogP contribution in [0.1, 0.15) is 19.3 Å². The molecule has 3 aromatic rings. The van der Waals surface area contributed by atoms with Crippen molar-refractivity contribution in [2.45, 2.75) is 25.8 Å². The molecular formula is C20H19ClFN3O2S. The number of hydrogen-bond acceptors (Lipinski definition) is 4. The minimum atomic E-state index is -0.496. The van der Waals surface area contributed by atoms with Gasteiger partial charge < -0.3 is 13.9 Å². The Labute approximate surface area is 170 Å². The van der Waals surface area contributed by atoms with Gasteiger partial charge in [0.1, 0.15) is 5.82 Å². The lowest BCUT2D eigenvalue weighted by Gasteiger charge is -2.16. The predicted octanol–water partition coefficient (Wildman–Crippen LogP) is 4.85. The standard InChI is InChI=1S/C20H19ClFN3O2S/c21-15-7-6-14(12-16(15)22)23-20-25(10-3-9-24-8-1-5-19(24)26)17(13-28-20)18-4-2-11-27-18/h2,4,6-7,11-13H,1,3,5,8-10H2. The summed E-state index contributed by atoms with van der Waals surface area (Å²) in [4.78, 5) is 19.1. The van der Waals surface area contributed by atoms with Gasteiger partial charge >= 0.3 is 0 Å². The average molecular weight is 420 g/mol. The number of furan rings is 1. The number of benzene rings is 1. The Morgan fingerprint density at radius 1 is 1.29 bits per heavy atom. The number of likely N-dealkylation sites (tertiary alicyclic amines) is 1. The summed E-state index contributed by atoms with van der Waals surface area (Å²) in [6, 6.07) is 8.24. The first kappa shape index (κ1) is 19.0. The van der Waals surface area contributed by atoms with Crippen LogP contribution in [0.2, 0.25) is 5.02 Å². The highest BCUT2D eigenvalue weighted by atomic mass is 35.5. The molecule has 1 fully saturated rings. The highest BCUT2D eigenvalue weighted by molar-refractivity contribution is 7.07. The molecule has 0 aliphatic carbocycles. The SMILES string of the molecule is O=C1CCCN1CCCn1c(-c2ccco2)csc1=Nc1ccc(Cl)c(F)c1. The minimum absolute atomic E-state index is 0.0737. The Morgan fingerprint density at radius 2 is 2.18 bits per heavy atom. The van der Waals surface area contributed by atoms with E-state index in [1.165, 1.54) is 23.5 Å². The molecule has 1 aliphatic heterocycles. The van der Waals surface area contributed by atoms with Gasteiger partial charge in [-0.05, 0) is 37.1 Å². The zero-order valence-corrected chi connectivity index (χ0v) is 16.7. The number of thiazole rings is 1. The van der Waals surface area contributed by atoms with Crippen molar-refractivity contribution in [2.75, 3.05) is 13.1 Å². The smallest absolute Gasteiger partial charge is 0.222 e. The Hall–Kier alpha value is -2.38. The number of carbonyl (C=O) groups excluding carboxylic acids is 1. The highest BCUT2D eigenvalue weighted by Crippen LogP contribution is 2.23. The topological polar surface area (TPSA) is 50.7 Å². The molecule has 8 heteroatoms. The van der Waals surface area contributed by atoms with Crippen molar-refractivity contribution in [1.82, 2.24) is 9.47 Å². The lowest BCUT2D eigenvalue weighted by molar-refractivity contribution is -0.127. The van der Waals surface area contributed by atoms with Gasteiger partial charge in [-0.3, -0.25) is 4.79 Å². The van der Waals surface area contributed by atoms with Gasteiger partial charge in [-0.1, -0.05) is 11.6 Å². The zero-order valence-electron chi connectivity index (χ0n) is 15.1. The van der Waals surface area contributed by atoms with Crippen molar-refractivity contribution in [2.24, 2.45) is 4.99 Å². The van der Waals surface area contributed by atoms with Crippen LogP contribution in [0.3, 0.4) is 0 Å². The number of hydrogen-bond donors (Lipinski definition) is 0. The molecule has 28 heavy (non-hydrogen) atoms. The average Bonchev–Trinajstić information content (AvgIpc) is 3.41. The number of halogens is 2. The van der Waals surface area contributed by atoms with Crippen molar-refractivity contribution >= 4 is 34.5 Å². The van der Waals surface area contributed by atoms with Crippen LogP contribution in [0, 0.1) is 5.82 Å². The lowest BCUT2D eigenvalue weighted by Crippen LogP contribution is -2.27. The van der Waals surface area contributed by atoms with Gasteiger partial charge in [-0.2, -0.15) is 0 Å². The van der Waals surface area contributed by atoms with Crippen molar-refractivity contribution < 1.29 is 13.6 Å². The molecule has 0 bridgehead atoms. The van der Waals surface area contributed by atoms with Crippen molar-refractivity contribution in [1.29, 1.82) is 0 Å². The molecule has 2 aromatic heterocycles. The maximum absolute atomic E-state index is 13.8. The second-order valence-corrected chi connectivity index (χ2v) is 7.82. The van der Waals surface area contributed by atoms with E-state index >= 15 is 0 Å². The molecule has 5 nitrogen and oxygen atoms in total. The van der Waals surface area contributed by atoms with E-state index in [4.69, 9.17) is 16.0 Å². The van der Waals surface area contributed by atoms with E-state index in [0.717, 1.165) is 35.6 Å². The van der Waals surface area contributed by atoms with E-state index in [0.29, 0.717) is 25.2 Å². The monoisotopic (exact) mass is 419 g/mol. The first-order valence-corrected chi connectivity index (χ1v) is 10.4. The summed E-state index contributed by atoms with van der Waals surface area (Å²) in [5.41, 5.74) is 1.41. The van der Waals surface area contributed by atoms with Crippen LogP contribution >= 0.6 is 22.9 Å². The van der Waals surface area contributed by atoms with Crippen LogP contribution in [0.5, 0.6) is 0 Å². The van der Waals surface area contributed by atoms with Gasteiger partial charge in [-0.15, -0.1) is 11.3 Å². The van der Waals surface area contributed by atoms with E-state index in [2.05, 4.69) is 9.56 Å². The number of amides is 1. The number of aromatic nitrogens is 1. The summed E-state index contributed by atoms with van der Waals surface area (Å²) in [6.07, 6.45) is 4.01. The van der Waals surface area contributed by atoms with Crippen molar-refractivity contribution in [3.63, 3.8) is 0 Å². The fourth-order valence-corrected chi connectivity index (χ4v) is 4.34. The molecule has 1 amide bonds. The third kappa shape index (κ3) is 4.05. The zero-order chi connectivity index (χ0) is 19.5. The summed E-state index contributed by atoms with van der Waals surface area (Å²) in [6.45, 7) is 2.23. The van der Waals surface area contributed by atoms with Crippen LogP contribution < -0.4 is 4.80 Å². The minimum Gasteiger partial charge on any atom is -0.463 e. The Morgan fingerprint density at radius 3 is 2.89 bits per heavy atom. The quantitative estimate of drug-likeness (QED) is 0.573. The summed E-state index contributed by atoms with van der Waals surface area (Å²) >= 11 is 7.23. The largest absolute Gasteiger partial charge is 0.463 e. The molecule has 1 aliphatic rings. The third-order valence-electron chi connectivity index (χ3n) is 4.68. The molecular weight excluding hydrogens is 401 g/mol. The predicted molar refractivity (Wildman–Crippen MR) is 107 cm³/mol. The summed E-state index contributed by atoms with van der Waals surface area (Å²) in [7, 11) is 0. The van der Waals surface area contributed by atoms with Crippen LogP contribution in [-0.4, -0.2) is 28.5 Å². The Bertz CT molecular complexity index is 1040. The molecule has 1 saturated heterocycles. The second kappa shape index (κ2) is 8.32. The van der Waals surface area contributed by atoms with Gasteiger partial charge in [-0.25, -0.2) is 9.38 Å². The van der Waals surface area contributed by atoms with Gasteiger partial charge in [0.15, 0.2) is 10.6 Å². The van der Waals surface area contributed by atoms with E-state index in [-0.39, 0.29) is 10.9 Å². The summed E-state index contributed by atoms with van der Waals surface area (Å²) < 4.78 is 21.4. The molecule has 0 saturated carbocycles. The molecule has 146 valence electrons. The fraction of sp³-hybridized carbons (Fsp3) is 0.300. The van der Waals surface area contributed by atoms with Crippen LogP contribution in [-0.2, 0) is 11.3 Å².